The van der Waals surface area contributed by atoms with E-state index in [1.54, 1.807) is 0 Å². The number of aromatic hydroxyl groups is 1. The summed E-state index contributed by atoms with van der Waals surface area (Å²) in [5, 5.41) is 9.69. The van der Waals surface area contributed by atoms with Crippen LogP contribution in [-0.2, 0) is 21.7 Å². The van der Waals surface area contributed by atoms with Gasteiger partial charge in [0.25, 0.3) is 0 Å². The molecule has 0 aromatic heterocycles. The van der Waals surface area contributed by atoms with E-state index in [1.807, 2.05) is 44.2 Å². The second-order valence-electron chi connectivity index (χ2n) is 4.44. The SMILES string of the molecule is Cc1c(C)c(C)c(O)c(C)c1C.[Cl-].[Cl-].[Ti+3].c1cc[cH-]c1. The van der Waals surface area contributed by atoms with Crippen molar-refractivity contribution in [3.05, 3.63) is 58.1 Å². The van der Waals surface area contributed by atoms with Crippen LogP contribution in [0.4, 0.5) is 0 Å². The predicted octanol–water partition coefficient (Wildman–Crippen LogP) is -1.65. The molecular weight excluding hydrogens is 327 g/mol. The van der Waals surface area contributed by atoms with E-state index in [1.165, 1.54) is 16.7 Å². The Hall–Kier alpha value is -0.336. The van der Waals surface area contributed by atoms with Gasteiger partial charge in [0.05, 0.1) is 0 Å². The fourth-order valence-corrected chi connectivity index (χ4v) is 1.80. The van der Waals surface area contributed by atoms with Crippen LogP contribution in [0.15, 0.2) is 30.3 Å². The zero-order valence-corrected chi connectivity index (χ0v) is 15.7. The topological polar surface area (TPSA) is 20.2 Å². The van der Waals surface area contributed by atoms with Gasteiger partial charge in [0.2, 0.25) is 0 Å². The molecule has 2 aromatic carbocycles. The van der Waals surface area contributed by atoms with Gasteiger partial charge in [0.15, 0.2) is 0 Å². The predicted molar refractivity (Wildman–Crippen MR) is 73.8 cm³/mol. The Balaban J connectivity index is -0.000000312. The molecular formula is C16H21Cl2OTi. The summed E-state index contributed by atoms with van der Waals surface area (Å²) in [5.74, 6) is 0.454. The standard InChI is InChI=1S/C11H16O.C5H5.2ClH.Ti/c1-6-7(2)9(4)11(12)10(5)8(6)3;1-2-4-5-3-1;;;/h12H,1-5H3;1-5H;2*1H;/q;-1;;;+3/p-2. The summed E-state index contributed by atoms with van der Waals surface area (Å²) < 4.78 is 0. The number of phenolic OH excluding ortho intramolecular Hbond substituents is 1. The molecule has 0 spiro atoms. The Labute approximate surface area is 149 Å². The number of benzene rings is 1. The Kier molecular flexibility index (Phi) is 14.0. The van der Waals surface area contributed by atoms with E-state index in [0.717, 1.165) is 11.1 Å². The monoisotopic (exact) mass is 347 g/mol. The van der Waals surface area contributed by atoms with Crippen LogP contribution in [0.5, 0.6) is 5.75 Å². The van der Waals surface area contributed by atoms with Gasteiger partial charge < -0.3 is 29.9 Å². The van der Waals surface area contributed by atoms with E-state index in [0.29, 0.717) is 5.75 Å². The van der Waals surface area contributed by atoms with Gasteiger partial charge in [0.1, 0.15) is 5.75 Å². The molecule has 1 radical (unpaired) electrons. The Bertz CT molecular complexity index is 371. The molecule has 20 heavy (non-hydrogen) atoms. The maximum absolute atomic E-state index is 9.69. The van der Waals surface area contributed by atoms with E-state index in [2.05, 4.69) is 20.8 Å². The number of rotatable bonds is 0. The summed E-state index contributed by atoms with van der Waals surface area (Å²) in [6.07, 6.45) is 0. The van der Waals surface area contributed by atoms with Gasteiger partial charge >= 0.3 is 21.7 Å². The summed E-state index contributed by atoms with van der Waals surface area (Å²) in [6.45, 7) is 10.1. The molecule has 2 aromatic rings. The first kappa shape index (κ1) is 24.7. The van der Waals surface area contributed by atoms with Crippen molar-refractivity contribution in [1.82, 2.24) is 0 Å². The minimum atomic E-state index is 0. The minimum absolute atomic E-state index is 0. The van der Waals surface area contributed by atoms with E-state index in [9.17, 15) is 5.11 Å². The van der Waals surface area contributed by atoms with Crippen molar-refractivity contribution in [3.63, 3.8) is 0 Å². The van der Waals surface area contributed by atoms with Gasteiger partial charge in [0, 0.05) is 0 Å². The maximum Gasteiger partial charge on any atom is 3.00 e. The first-order chi connectivity index (χ1) is 7.96. The maximum atomic E-state index is 9.69. The third kappa shape index (κ3) is 5.97. The largest absolute Gasteiger partial charge is 3.00 e. The van der Waals surface area contributed by atoms with Crippen molar-refractivity contribution >= 4 is 0 Å². The zero-order valence-electron chi connectivity index (χ0n) is 12.6. The van der Waals surface area contributed by atoms with Gasteiger partial charge in [-0.25, -0.2) is 12.1 Å². The van der Waals surface area contributed by atoms with Crippen molar-refractivity contribution in [2.24, 2.45) is 0 Å². The molecule has 4 heteroatoms. The number of halogens is 2. The van der Waals surface area contributed by atoms with E-state index < -0.39 is 0 Å². The molecule has 0 bridgehead atoms. The molecule has 2 rings (SSSR count). The third-order valence-electron chi connectivity index (χ3n) is 3.52. The molecule has 0 unspecified atom stereocenters. The molecule has 0 saturated heterocycles. The summed E-state index contributed by atoms with van der Waals surface area (Å²) in [7, 11) is 0. The van der Waals surface area contributed by atoms with Crippen molar-refractivity contribution in [3.8, 4) is 5.75 Å². The Morgan fingerprint density at radius 2 is 1.00 bits per heavy atom. The van der Waals surface area contributed by atoms with E-state index in [-0.39, 0.29) is 46.5 Å². The third-order valence-corrected chi connectivity index (χ3v) is 3.52. The van der Waals surface area contributed by atoms with Crippen molar-refractivity contribution < 1.29 is 51.6 Å². The molecule has 0 aliphatic heterocycles. The van der Waals surface area contributed by atoms with Crippen LogP contribution < -0.4 is 24.8 Å². The summed E-state index contributed by atoms with van der Waals surface area (Å²) >= 11 is 0. The van der Waals surface area contributed by atoms with Gasteiger partial charge in [-0.15, -0.1) is 0 Å². The van der Waals surface area contributed by atoms with Gasteiger partial charge in [-0.1, -0.05) is 0 Å². The molecule has 0 atom stereocenters. The van der Waals surface area contributed by atoms with E-state index in [4.69, 9.17) is 0 Å². The van der Waals surface area contributed by atoms with E-state index >= 15 is 0 Å². The minimum Gasteiger partial charge on any atom is -1.00 e. The zero-order chi connectivity index (χ0) is 13.0. The molecule has 1 nitrogen and oxygen atoms in total. The van der Waals surface area contributed by atoms with Crippen LogP contribution in [0.3, 0.4) is 0 Å². The Morgan fingerprint density at radius 3 is 1.25 bits per heavy atom. The van der Waals surface area contributed by atoms with Gasteiger partial charge in [-0.3, -0.25) is 0 Å². The molecule has 0 aliphatic carbocycles. The number of hydrogen-bond donors (Lipinski definition) is 1. The normalized spacial score (nSPS) is 8.25. The van der Waals surface area contributed by atoms with Crippen LogP contribution in [0, 0.1) is 34.6 Å². The first-order valence-electron chi connectivity index (χ1n) is 5.89. The summed E-state index contributed by atoms with van der Waals surface area (Å²) in [4.78, 5) is 0. The average Bonchev–Trinajstić information content (AvgIpc) is 2.90. The average molecular weight is 348 g/mol. The quantitative estimate of drug-likeness (QED) is 0.447. The molecule has 0 saturated carbocycles. The van der Waals surface area contributed by atoms with Crippen LogP contribution in [-0.4, -0.2) is 5.11 Å². The van der Waals surface area contributed by atoms with Crippen molar-refractivity contribution in [2.45, 2.75) is 34.6 Å². The molecule has 0 heterocycles. The number of phenols is 1. The fourth-order valence-electron chi connectivity index (χ4n) is 1.80. The smallest absolute Gasteiger partial charge is 1.00 e. The molecule has 1 N–H and O–H groups in total. The van der Waals surface area contributed by atoms with Crippen molar-refractivity contribution in [2.75, 3.05) is 0 Å². The second kappa shape index (κ2) is 11.3. The van der Waals surface area contributed by atoms with Crippen LogP contribution >= 0.6 is 0 Å². The number of hydrogen-bond acceptors (Lipinski definition) is 1. The first-order valence-corrected chi connectivity index (χ1v) is 5.89. The van der Waals surface area contributed by atoms with Crippen molar-refractivity contribution in [1.29, 1.82) is 0 Å². The van der Waals surface area contributed by atoms with Crippen LogP contribution in [0.1, 0.15) is 27.8 Å². The Morgan fingerprint density at radius 1 is 0.700 bits per heavy atom. The van der Waals surface area contributed by atoms with Gasteiger partial charge in [-0.2, -0.15) is 18.2 Å². The summed E-state index contributed by atoms with van der Waals surface area (Å²) in [5.41, 5.74) is 5.72. The van der Waals surface area contributed by atoms with Crippen LogP contribution in [0.2, 0.25) is 0 Å². The second-order valence-corrected chi connectivity index (χ2v) is 4.44. The fraction of sp³-hybridized carbons (Fsp3) is 0.312. The molecule has 0 amide bonds. The van der Waals surface area contributed by atoms with Gasteiger partial charge in [-0.05, 0) is 62.4 Å². The molecule has 0 fully saturated rings. The molecule has 109 valence electrons. The molecule has 0 aliphatic rings. The summed E-state index contributed by atoms with van der Waals surface area (Å²) in [6, 6.07) is 10.0. The van der Waals surface area contributed by atoms with Crippen LogP contribution in [0.25, 0.3) is 0 Å².